The standard InChI is InChI=1S/C12H26N2/c1-4-12(3)11-13(5-2)9-10-14-7-6-8-14/h12H,4-11H2,1-3H3/t12-/m1/s1. The Morgan fingerprint density at radius 1 is 1.29 bits per heavy atom. The van der Waals surface area contributed by atoms with E-state index in [1.165, 1.54) is 52.1 Å². The van der Waals surface area contributed by atoms with Crippen LogP contribution in [0.15, 0.2) is 0 Å². The SMILES string of the molecule is CC[C@@H](C)CN(CC)CCN1CCC1. The van der Waals surface area contributed by atoms with Crippen LogP contribution in [0, 0.1) is 5.92 Å². The van der Waals surface area contributed by atoms with Gasteiger partial charge < -0.3 is 9.80 Å². The highest BCUT2D eigenvalue weighted by Crippen LogP contribution is 2.07. The molecule has 0 N–H and O–H groups in total. The Morgan fingerprint density at radius 2 is 2.00 bits per heavy atom. The maximum absolute atomic E-state index is 2.59. The summed E-state index contributed by atoms with van der Waals surface area (Å²) in [7, 11) is 0. The fourth-order valence-electron chi connectivity index (χ4n) is 1.84. The van der Waals surface area contributed by atoms with Crippen LogP contribution in [0.1, 0.15) is 33.6 Å². The van der Waals surface area contributed by atoms with Crippen LogP contribution in [0.4, 0.5) is 0 Å². The lowest BCUT2D eigenvalue weighted by Crippen LogP contribution is -2.43. The van der Waals surface area contributed by atoms with Gasteiger partial charge in [0.25, 0.3) is 0 Å². The molecule has 0 spiro atoms. The van der Waals surface area contributed by atoms with Crippen LogP contribution in [0.5, 0.6) is 0 Å². The molecule has 0 aromatic carbocycles. The van der Waals surface area contributed by atoms with Crippen molar-refractivity contribution < 1.29 is 0 Å². The Hall–Kier alpha value is -0.0800. The zero-order chi connectivity index (χ0) is 10.4. The van der Waals surface area contributed by atoms with Gasteiger partial charge in [-0.25, -0.2) is 0 Å². The summed E-state index contributed by atoms with van der Waals surface area (Å²) in [5.74, 6) is 0.853. The lowest BCUT2D eigenvalue weighted by atomic mass is 10.1. The maximum atomic E-state index is 2.59. The predicted octanol–water partition coefficient (Wildman–Crippen LogP) is 2.06. The van der Waals surface area contributed by atoms with Gasteiger partial charge in [0.05, 0.1) is 0 Å². The van der Waals surface area contributed by atoms with Crippen LogP contribution >= 0.6 is 0 Å². The van der Waals surface area contributed by atoms with E-state index in [4.69, 9.17) is 0 Å². The van der Waals surface area contributed by atoms with Crippen LogP contribution in [-0.4, -0.2) is 49.1 Å². The molecule has 1 rings (SSSR count). The Labute approximate surface area is 89.3 Å². The molecule has 0 amide bonds. The smallest absolute Gasteiger partial charge is 0.0109 e. The fourth-order valence-corrected chi connectivity index (χ4v) is 1.84. The van der Waals surface area contributed by atoms with E-state index < -0.39 is 0 Å². The second-order valence-corrected chi connectivity index (χ2v) is 4.60. The molecule has 14 heavy (non-hydrogen) atoms. The first-order valence-electron chi connectivity index (χ1n) is 6.21. The quantitative estimate of drug-likeness (QED) is 0.618. The number of likely N-dealkylation sites (N-methyl/N-ethyl adjacent to an activating group) is 1. The highest BCUT2D eigenvalue weighted by atomic mass is 15.2. The molecule has 1 saturated heterocycles. The van der Waals surface area contributed by atoms with Gasteiger partial charge in [-0.3, -0.25) is 0 Å². The van der Waals surface area contributed by atoms with E-state index in [9.17, 15) is 0 Å². The third kappa shape index (κ3) is 3.97. The molecule has 2 nitrogen and oxygen atoms in total. The van der Waals surface area contributed by atoms with E-state index in [1.54, 1.807) is 0 Å². The number of likely N-dealkylation sites (tertiary alicyclic amines) is 1. The van der Waals surface area contributed by atoms with Crippen molar-refractivity contribution in [2.45, 2.75) is 33.6 Å². The van der Waals surface area contributed by atoms with Crippen molar-refractivity contribution in [2.24, 2.45) is 5.92 Å². The second kappa shape index (κ2) is 6.41. The summed E-state index contributed by atoms with van der Waals surface area (Å²) < 4.78 is 0. The van der Waals surface area contributed by atoms with Crippen molar-refractivity contribution in [1.82, 2.24) is 9.80 Å². The summed E-state index contributed by atoms with van der Waals surface area (Å²) in [5.41, 5.74) is 0. The largest absolute Gasteiger partial charge is 0.302 e. The summed E-state index contributed by atoms with van der Waals surface area (Å²) in [6, 6.07) is 0. The minimum Gasteiger partial charge on any atom is -0.302 e. The van der Waals surface area contributed by atoms with Gasteiger partial charge in [-0.1, -0.05) is 27.2 Å². The average molecular weight is 198 g/mol. The van der Waals surface area contributed by atoms with Crippen LogP contribution in [0.25, 0.3) is 0 Å². The molecule has 0 aromatic rings. The van der Waals surface area contributed by atoms with Gasteiger partial charge in [0, 0.05) is 19.6 Å². The molecule has 1 fully saturated rings. The predicted molar refractivity (Wildman–Crippen MR) is 62.6 cm³/mol. The van der Waals surface area contributed by atoms with Crippen molar-refractivity contribution in [3.63, 3.8) is 0 Å². The molecule has 84 valence electrons. The highest BCUT2D eigenvalue weighted by Gasteiger charge is 2.14. The van der Waals surface area contributed by atoms with E-state index in [2.05, 4.69) is 30.6 Å². The number of nitrogens with zero attached hydrogens (tertiary/aromatic N) is 2. The third-order valence-corrected chi connectivity index (χ3v) is 3.40. The topological polar surface area (TPSA) is 6.48 Å². The van der Waals surface area contributed by atoms with E-state index in [0.717, 1.165) is 5.92 Å². The average Bonchev–Trinajstić information content (AvgIpc) is 2.13. The van der Waals surface area contributed by atoms with E-state index in [0.29, 0.717) is 0 Å². The monoisotopic (exact) mass is 198 g/mol. The van der Waals surface area contributed by atoms with Crippen molar-refractivity contribution in [2.75, 3.05) is 39.3 Å². The zero-order valence-corrected chi connectivity index (χ0v) is 10.1. The summed E-state index contributed by atoms with van der Waals surface area (Å²) >= 11 is 0. The van der Waals surface area contributed by atoms with Gasteiger partial charge in [-0.2, -0.15) is 0 Å². The molecule has 0 bridgehead atoms. The van der Waals surface area contributed by atoms with E-state index in [1.807, 2.05) is 0 Å². The normalized spacial score (nSPS) is 19.7. The Kier molecular flexibility index (Phi) is 5.49. The first-order valence-corrected chi connectivity index (χ1v) is 6.21. The summed E-state index contributed by atoms with van der Waals surface area (Å²) in [5, 5.41) is 0. The molecule has 0 saturated carbocycles. The Balaban J connectivity index is 2.10. The zero-order valence-electron chi connectivity index (χ0n) is 10.1. The molecular weight excluding hydrogens is 172 g/mol. The van der Waals surface area contributed by atoms with E-state index >= 15 is 0 Å². The van der Waals surface area contributed by atoms with Crippen LogP contribution in [0.2, 0.25) is 0 Å². The van der Waals surface area contributed by atoms with Crippen LogP contribution in [-0.2, 0) is 0 Å². The minimum absolute atomic E-state index is 0.853. The summed E-state index contributed by atoms with van der Waals surface area (Å²) in [6.07, 6.45) is 2.72. The van der Waals surface area contributed by atoms with Gasteiger partial charge >= 0.3 is 0 Å². The molecule has 1 aliphatic heterocycles. The summed E-state index contributed by atoms with van der Waals surface area (Å²) in [4.78, 5) is 5.14. The van der Waals surface area contributed by atoms with Crippen LogP contribution in [0.3, 0.4) is 0 Å². The Morgan fingerprint density at radius 3 is 2.43 bits per heavy atom. The lowest BCUT2D eigenvalue weighted by molar-refractivity contribution is 0.143. The first kappa shape index (κ1) is 12.0. The van der Waals surface area contributed by atoms with Crippen molar-refractivity contribution in [1.29, 1.82) is 0 Å². The molecule has 0 aliphatic carbocycles. The fraction of sp³-hybridized carbons (Fsp3) is 1.00. The molecule has 0 aromatic heterocycles. The number of rotatable bonds is 7. The van der Waals surface area contributed by atoms with Crippen molar-refractivity contribution in [3.8, 4) is 0 Å². The minimum atomic E-state index is 0.853. The first-order chi connectivity index (χ1) is 6.76. The van der Waals surface area contributed by atoms with Gasteiger partial charge in [-0.15, -0.1) is 0 Å². The maximum Gasteiger partial charge on any atom is 0.0109 e. The van der Waals surface area contributed by atoms with Gasteiger partial charge in [-0.05, 0) is 32.0 Å². The third-order valence-electron chi connectivity index (χ3n) is 3.40. The molecule has 2 heteroatoms. The molecule has 1 heterocycles. The molecule has 1 atom stereocenters. The summed E-state index contributed by atoms with van der Waals surface area (Å²) in [6.45, 7) is 14.6. The Bertz CT molecular complexity index is 143. The van der Waals surface area contributed by atoms with Crippen LogP contribution < -0.4 is 0 Å². The molecule has 0 unspecified atom stereocenters. The second-order valence-electron chi connectivity index (χ2n) is 4.60. The van der Waals surface area contributed by atoms with Gasteiger partial charge in [0.15, 0.2) is 0 Å². The molecule has 1 aliphatic rings. The van der Waals surface area contributed by atoms with E-state index in [-0.39, 0.29) is 0 Å². The lowest BCUT2D eigenvalue weighted by Gasteiger charge is -2.33. The van der Waals surface area contributed by atoms with Gasteiger partial charge in [0.2, 0.25) is 0 Å². The highest BCUT2D eigenvalue weighted by molar-refractivity contribution is 4.70. The molecular formula is C12H26N2. The number of hydrogen-bond acceptors (Lipinski definition) is 2. The van der Waals surface area contributed by atoms with Crippen molar-refractivity contribution >= 4 is 0 Å². The van der Waals surface area contributed by atoms with Crippen molar-refractivity contribution in [3.05, 3.63) is 0 Å². The number of hydrogen-bond donors (Lipinski definition) is 0. The van der Waals surface area contributed by atoms with Gasteiger partial charge in [0.1, 0.15) is 0 Å². The molecule has 0 radical (unpaired) electrons.